The molecule has 0 atom stereocenters. The van der Waals surface area contributed by atoms with Crippen molar-refractivity contribution in [2.75, 3.05) is 23.8 Å². The summed E-state index contributed by atoms with van der Waals surface area (Å²) in [6.45, 7) is -0.296. The minimum absolute atomic E-state index is 0.0369. The number of nitrogens with zero attached hydrogens (tertiary/aromatic N) is 1. The highest BCUT2D eigenvalue weighted by atomic mass is 16.6. The van der Waals surface area contributed by atoms with Gasteiger partial charge in [0.2, 0.25) is 0 Å². The van der Waals surface area contributed by atoms with Gasteiger partial charge in [0.15, 0.2) is 13.2 Å². The van der Waals surface area contributed by atoms with Gasteiger partial charge in [-0.25, -0.2) is 0 Å². The molecule has 1 aliphatic heterocycles. The Hall–Kier alpha value is -3.62. The van der Waals surface area contributed by atoms with E-state index in [1.165, 1.54) is 24.3 Å². The van der Waals surface area contributed by atoms with E-state index in [1.807, 2.05) is 0 Å². The average molecular weight is 343 g/mol. The molecule has 3 rings (SSSR count). The van der Waals surface area contributed by atoms with Gasteiger partial charge >= 0.3 is 0 Å². The molecule has 1 heterocycles. The van der Waals surface area contributed by atoms with Crippen molar-refractivity contribution in [2.45, 2.75) is 0 Å². The Labute approximate surface area is 141 Å². The Balaban J connectivity index is 1.56. The second-order valence-corrected chi connectivity index (χ2v) is 5.14. The molecule has 25 heavy (non-hydrogen) atoms. The molecule has 0 saturated carbocycles. The van der Waals surface area contributed by atoms with Crippen LogP contribution >= 0.6 is 0 Å². The van der Waals surface area contributed by atoms with Gasteiger partial charge < -0.3 is 20.1 Å². The SMILES string of the molecule is O=C(COc1ccc2c(c1)NC(=O)CO2)Nc1ccc([N+](=O)[O-])cc1. The summed E-state index contributed by atoms with van der Waals surface area (Å²) in [5.41, 5.74) is 0.836. The highest BCUT2D eigenvalue weighted by molar-refractivity contribution is 5.95. The highest BCUT2D eigenvalue weighted by Crippen LogP contribution is 2.31. The van der Waals surface area contributed by atoms with Crippen LogP contribution in [-0.2, 0) is 9.59 Å². The van der Waals surface area contributed by atoms with E-state index in [4.69, 9.17) is 9.47 Å². The van der Waals surface area contributed by atoms with Gasteiger partial charge in [-0.2, -0.15) is 0 Å². The maximum absolute atomic E-state index is 11.9. The molecular weight excluding hydrogens is 330 g/mol. The second kappa shape index (κ2) is 6.87. The van der Waals surface area contributed by atoms with Crippen LogP contribution in [0, 0.1) is 10.1 Å². The standard InChI is InChI=1S/C16H13N3O6/c20-15(17-10-1-3-11(4-2-10)19(22)23)8-24-12-5-6-14-13(7-12)18-16(21)9-25-14/h1-7H,8-9H2,(H,17,20)(H,18,21). The molecule has 9 heteroatoms. The molecule has 2 amide bonds. The molecule has 0 radical (unpaired) electrons. The summed E-state index contributed by atoms with van der Waals surface area (Å²) in [7, 11) is 0. The monoisotopic (exact) mass is 343 g/mol. The van der Waals surface area contributed by atoms with Crippen LogP contribution < -0.4 is 20.1 Å². The fourth-order valence-electron chi connectivity index (χ4n) is 2.16. The third-order valence-electron chi connectivity index (χ3n) is 3.32. The van der Waals surface area contributed by atoms with Gasteiger partial charge in [-0.05, 0) is 24.3 Å². The van der Waals surface area contributed by atoms with Gasteiger partial charge in [-0.15, -0.1) is 0 Å². The maximum atomic E-state index is 11.9. The molecule has 0 bridgehead atoms. The Morgan fingerprint density at radius 3 is 2.76 bits per heavy atom. The molecule has 2 aromatic carbocycles. The van der Waals surface area contributed by atoms with Crippen LogP contribution in [0.25, 0.3) is 0 Å². The lowest BCUT2D eigenvalue weighted by Gasteiger charge is -2.18. The van der Waals surface area contributed by atoms with Crippen molar-refractivity contribution >= 4 is 28.9 Å². The number of nitro groups is 1. The quantitative estimate of drug-likeness (QED) is 0.632. The molecule has 1 aliphatic rings. The largest absolute Gasteiger partial charge is 0.484 e. The molecular formula is C16H13N3O6. The Morgan fingerprint density at radius 2 is 2.04 bits per heavy atom. The number of amides is 2. The number of nitrogens with one attached hydrogen (secondary N) is 2. The summed E-state index contributed by atoms with van der Waals surface area (Å²) in [6, 6.07) is 10.3. The Bertz CT molecular complexity index is 834. The van der Waals surface area contributed by atoms with Crippen molar-refractivity contribution in [3.8, 4) is 11.5 Å². The van der Waals surface area contributed by atoms with Crippen LogP contribution in [0.5, 0.6) is 11.5 Å². The zero-order valence-electron chi connectivity index (χ0n) is 12.9. The summed E-state index contributed by atoms with van der Waals surface area (Å²) in [4.78, 5) is 33.2. The number of anilines is 2. The fraction of sp³-hybridized carbons (Fsp3) is 0.125. The number of non-ortho nitro benzene ring substituents is 1. The van der Waals surface area contributed by atoms with Crippen LogP contribution in [0.1, 0.15) is 0 Å². The zero-order valence-corrected chi connectivity index (χ0v) is 12.9. The minimum atomic E-state index is -0.521. The fourth-order valence-corrected chi connectivity index (χ4v) is 2.16. The second-order valence-electron chi connectivity index (χ2n) is 5.14. The third kappa shape index (κ3) is 4.02. The lowest BCUT2D eigenvalue weighted by molar-refractivity contribution is -0.384. The van der Waals surface area contributed by atoms with Crippen molar-refractivity contribution in [1.29, 1.82) is 0 Å². The van der Waals surface area contributed by atoms with Crippen molar-refractivity contribution in [1.82, 2.24) is 0 Å². The first-order valence-electron chi connectivity index (χ1n) is 7.25. The highest BCUT2D eigenvalue weighted by Gasteiger charge is 2.16. The maximum Gasteiger partial charge on any atom is 0.269 e. The van der Waals surface area contributed by atoms with Crippen LogP contribution in [0.15, 0.2) is 42.5 Å². The summed E-state index contributed by atoms with van der Waals surface area (Å²) >= 11 is 0. The van der Waals surface area contributed by atoms with Crippen LogP contribution in [0.4, 0.5) is 17.1 Å². The third-order valence-corrected chi connectivity index (χ3v) is 3.32. The number of carbonyl (C=O) groups excluding carboxylic acids is 2. The Morgan fingerprint density at radius 1 is 1.28 bits per heavy atom. The Kier molecular flexibility index (Phi) is 4.46. The predicted molar refractivity (Wildman–Crippen MR) is 87.8 cm³/mol. The van der Waals surface area contributed by atoms with Crippen molar-refractivity contribution < 1.29 is 24.0 Å². The lowest BCUT2D eigenvalue weighted by Crippen LogP contribution is -2.25. The molecule has 2 aromatic rings. The molecule has 0 aromatic heterocycles. The van der Waals surface area contributed by atoms with E-state index in [2.05, 4.69) is 10.6 Å². The van der Waals surface area contributed by atoms with E-state index in [1.54, 1.807) is 18.2 Å². The topological polar surface area (TPSA) is 120 Å². The number of benzene rings is 2. The van der Waals surface area contributed by atoms with Crippen LogP contribution in [0.3, 0.4) is 0 Å². The molecule has 0 aliphatic carbocycles. The van der Waals surface area contributed by atoms with Crippen molar-refractivity contribution in [3.05, 3.63) is 52.6 Å². The van der Waals surface area contributed by atoms with E-state index in [0.29, 0.717) is 22.9 Å². The summed E-state index contributed by atoms with van der Waals surface area (Å²) in [6.07, 6.45) is 0. The number of nitro benzene ring substituents is 1. The van der Waals surface area contributed by atoms with E-state index in [9.17, 15) is 19.7 Å². The van der Waals surface area contributed by atoms with Crippen molar-refractivity contribution in [3.63, 3.8) is 0 Å². The van der Waals surface area contributed by atoms with Gasteiger partial charge in [-0.3, -0.25) is 19.7 Å². The first kappa shape index (κ1) is 16.2. The van der Waals surface area contributed by atoms with E-state index >= 15 is 0 Å². The van der Waals surface area contributed by atoms with E-state index < -0.39 is 10.8 Å². The van der Waals surface area contributed by atoms with E-state index in [-0.39, 0.29) is 24.8 Å². The number of hydrogen-bond donors (Lipinski definition) is 2. The average Bonchev–Trinajstić information content (AvgIpc) is 2.60. The molecule has 0 saturated heterocycles. The van der Waals surface area contributed by atoms with Crippen LogP contribution in [0.2, 0.25) is 0 Å². The van der Waals surface area contributed by atoms with E-state index in [0.717, 1.165) is 0 Å². The number of carbonyl (C=O) groups is 2. The molecule has 0 spiro atoms. The normalized spacial score (nSPS) is 12.4. The first-order valence-corrected chi connectivity index (χ1v) is 7.25. The summed E-state index contributed by atoms with van der Waals surface area (Å²) < 4.78 is 10.6. The van der Waals surface area contributed by atoms with Gasteiger partial charge in [0.1, 0.15) is 11.5 Å². The lowest BCUT2D eigenvalue weighted by atomic mass is 10.2. The van der Waals surface area contributed by atoms with Crippen LogP contribution in [-0.4, -0.2) is 30.0 Å². The number of fused-ring (bicyclic) bond motifs is 1. The molecule has 0 unspecified atom stereocenters. The smallest absolute Gasteiger partial charge is 0.269 e. The summed E-state index contributed by atoms with van der Waals surface area (Å²) in [5.74, 6) is 0.234. The van der Waals surface area contributed by atoms with Gasteiger partial charge in [0, 0.05) is 23.9 Å². The summed E-state index contributed by atoms with van der Waals surface area (Å²) in [5, 5.41) is 15.8. The zero-order chi connectivity index (χ0) is 17.8. The van der Waals surface area contributed by atoms with Gasteiger partial charge in [-0.1, -0.05) is 0 Å². The predicted octanol–water partition coefficient (Wildman–Crippen LogP) is 1.94. The number of hydrogen-bond acceptors (Lipinski definition) is 6. The van der Waals surface area contributed by atoms with Gasteiger partial charge in [0.25, 0.3) is 17.5 Å². The number of rotatable bonds is 5. The molecule has 128 valence electrons. The molecule has 9 nitrogen and oxygen atoms in total. The first-order chi connectivity index (χ1) is 12.0. The molecule has 0 fully saturated rings. The van der Waals surface area contributed by atoms with Crippen molar-refractivity contribution in [2.24, 2.45) is 0 Å². The minimum Gasteiger partial charge on any atom is -0.484 e. The number of ether oxygens (including phenoxy) is 2. The van der Waals surface area contributed by atoms with Gasteiger partial charge in [0.05, 0.1) is 10.6 Å². The molecule has 2 N–H and O–H groups in total.